The number of esters is 1. The van der Waals surface area contributed by atoms with Crippen LogP contribution in [0, 0.1) is 23.2 Å². The van der Waals surface area contributed by atoms with Gasteiger partial charge in [-0.1, -0.05) is 24.3 Å². The molecule has 5 aliphatic rings. The van der Waals surface area contributed by atoms with Crippen LogP contribution in [0.25, 0.3) is 0 Å². The van der Waals surface area contributed by atoms with Crippen molar-refractivity contribution < 1.29 is 14.3 Å². The fraction of sp³-hybridized carbons (Fsp3) is 0.680. The van der Waals surface area contributed by atoms with Gasteiger partial charge in [0, 0.05) is 0 Å². The molecule has 0 heterocycles. The van der Waals surface area contributed by atoms with Gasteiger partial charge in [-0.25, -0.2) is 0 Å². The molecule has 0 spiro atoms. The van der Waals surface area contributed by atoms with Crippen molar-refractivity contribution in [2.75, 3.05) is 0 Å². The van der Waals surface area contributed by atoms with Crippen LogP contribution in [0.5, 0.6) is 0 Å². The fourth-order valence-electron chi connectivity index (χ4n) is 7.30. The van der Waals surface area contributed by atoms with E-state index in [9.17, 15) is 9.59 Å². The summed E-state index contributed by atoms with van der Waals surface area (Å²) in [5.41, 5.74) is 2.68. The van der Waals surface area contributed by atoms with Gasteiger partial charge in [0.2, 0.25) is 0 Å². The van der Waals surface area contributed by atoms with Gasteiger partial charge in [-0.3, -0.25) is 9.59 Å². The highest BCUT2D eigenvalue weighted by Crippen LogP contribution is 2.61. The highest BCUT2D eigenvalue weighted by atomic mass is 16.5. The van der Waals surface area contributed by atoms with Crippen LogP contribution < -0.4 is 5.32 Å². The summed E-state index contributed by atoms with van der Waals surface area (Å²) in [4.78, 5) is 25.5. The average Bonchev–Trinajstić information content (AvgIpc) is 2.66. The standard InChI is InChI=1S/C25H33NO3/c1-16(24(28)26-22-8-4-6-20-5-2-3-7-21(20)22)29-23(27)15-25-12-17-9-18(13-25)11-19(10-17)14-25/h2-3,5,7,16-19,22H,4,6,8-15H2,1H3,(H,26,28)/t16-,17?,18?,19?,22-,25?/m1/s1. The monoisotopic (exact) mass is 395 g/mol. The number of hydrogen-bond acceptors (Lipinski definition) is 3. The van der Waals surface area contributed by atoms with E-state index in [1.807, 2.05) is 6.07 Å². The van der Waals surface area contributed by atoms with E-state index < -0.39 is 6.10 Å². The molecule has 4 saturated carbocycles. The van der Waals surface area contributed by atoms with E-state index in [1.54, 1.807) is 6.92 Å². The fourth-order valence-corrected chi connectivity index (χ4v) is 7.30. The Hall–Kier alpha value is -1.84. The number of nitrogens with one attached hydrogen (secondary N) is 1. The highest BCUT2D eigenvalue weighted by molar-refractivity contribution is 5.84. The minimum Gasteiger partial charge on any atom is -0.453 e. The molecule has 1 aromatic rings. The molecule has 1 amide bonds. The molecule has 0 saturated heterocycles. The lowest BCUT2D eigenvalue weighted by atomic mass is 9.49. The van der Waals surface area contributed by atoms with Gasteiger partial charge in [0.05, 0.1) is 12.5 Å². The van der Waals surface area contributed by atoms with Crippen LogP contribution in [-0.2, 0) is 20.7 Å². The Morgan fingerprint density at radius 1 is 1.10 bits per heavy atom. The first-order chi connectivity index (χ1) is 14.0. The minimum absolute atomic E-state index is 0.0248. The summed E-state index contributed by atoms with van der Waals surface area (Å²) in [6.07, 6.45) is 10.5. The molecule has 156 valence electrons. The molecule has 4 nitrogen and oxygen atoms in total. The summed E-state index contributed by atoms with van der Waals surface area (Å²) in [6, 6.07) is 8.35. The van der Waals surface area contributed by atoms with E-state index in [0.29, 0.717) is 6.42 Å². The van der Waals surface area contributed by atoms with E-state index in [-0.39, 0.29) is 23.3 Å². The molecule has 29 heavy (non-hydrogen) atoms. The second-order valence-electron chi connectivity index (χ2n) is 10.4. The number of carbonyl (C=O) groups is 2. The Kier molecular flexibility index (Phi) is 4.92. The second kappa shape index (κ2) is 7.45. The molecular formula is C25H33NO3. The third-order valence-electron chi connectivity index (χ3n) is 8.05. The molecule has 0 unspecified atom stereocenters. The van der Waals surface area contributed by atoms with Crippen LogP contribution in [0.2, 0.25) is 0 Å². The van der Waals surface area contributed by atoms with E-state index in [0.717, 1.165) is 37.0 Å². The van der Waals surface area contributed by atoms with Gasteiger partial charge in [0.1, 0.15) is 0 Å². The molecule has 6 rings (SSSR count). The topological polar surface area (TPSA) is 55.4 Å². The maximum Gasteiger partial charge on any atom is 0.307 e. The Labute approximate surface area is 173 Å². The molecular weight excluding hydrogens is 362 g/mol. The molecule has 2 atom stereocenters. The number of carbonyl (C=O) groups excluding carboxylic acids is 2. The molecule has 1 N–H and O–H groups in total. The van der Waals surface area contributed by atoms with Crippen LogP contribution in [0.15, 0.2) is 24.3 Å². The van der Waals surface area contributed by atoms with Gasteiger partial charge in [0.25, 0.3) is 5.91 Å². The third kappa shape index (κ3) is 3.83. The summed E-state index contributed by atoms with van der Waals surface area (Å²) in [5, 5.41) is 3.12. The van der Waals surface area contributed by atoms with Crippen molar-refractivity contribution >= 4 is 11.9 Å². The molecule has 5 aliphatic carbocycles. The zero-order valence-electron chi connectivity index (χ0n) is 17.5. The van der Waals surface area contributed by atoms with Gasteiger partial charge in [-0.2, -0.15) is 0 Å². The van der Waals surface area contributed by atoms with Gasteiger partial charge < -0.3 is 10.1 Å². The van der Waals surface area contributed by atoms with E-state index in [2.05, 4.69) is 23.5 Å². The van der Waals surface area contributed by atoms with Crippen LogP contribution in [0.1, 0.15) is 81.9 Å². The number of ether oxygens (including phenoxy) is 1. The Bertz CT molecular complexity index is 766. The Balaban J connectivity index is 1.17. The number of amides is 1. The maximum atomic E-state index is 12.7. The van der Waals surface area contributed by atoms with Gasteiger partial charge >= 0.3 is 5.97 Å². The van der Waals surface area contributed by atoms with Crippen molar-refractivity contribution in [2.45, 2.75) is 83.3 Å². The summed E-state index contributed by atoms with van der Waals surface area (Å²) in [7, 11) is 0. The van der Waals surface area contributed by atoms with Crippen molar-refractivity contribution in [3.8, 4) is 0 Å². The predicted molar refractivity (Wildman–Crippen MR) is 111 cm³/mol. The van der Waals surface area contributed by atoms with Crippen LogP contribution in [0.3, 0.4) is 0 Å². The summed E-state index contributed by atoms with van der Waals surface area (Å²) in [6.45, 7) is 1.71. The van der Waals surface area contributed by atoms with Crippen LogP contribution in [-0.4, -0.2) is 18.0 Å². The van der Waals surface area contributed by atoms with Crippen molar-refractivity contribution in [3.05, 3.63) is 35.4 Å². The Morgan fingerprint density at radius 2 is 1.76 bits per heavy atom. The quantitative estimate of drug-likeness (QED) is 0.734. The van der Waals surface area contributed by atoms with E-state index in [1.165, 1.54) is 49.7 Å². The van der Waals surface area contributed by atoms with Gasteiger partial charge in [0.15, 0.2) is 6.10 Å². The molecule has 4 bridgehead atoms. The SMILES string of the molecule is C[C@@H](OC(=O)CC12CC3CC(CC(C3)C1)C2)C(=O)N[C@@H]1CCCc2ccccc21. The number of benzene rings is 1. The first-order valence-corrected chi connectivity index (χ1v) is 11.6. The molecule has 4 heteroatoms. The van der Waals surface area contributed by atoms with Crippen molar-refractivity contribution in [1.29, 1.82) is 0 Å². The average molecular weight is 396 g/mol. The van der Waals surface area contributed by atoms with E-state index in [4.69, 9.17) is 4.74 Å². The zero-order valence-corrected chi connectivity index (χ0v) is 17.5. The number of fused-ring (bicyclic) bond motifs is 1. The summed E-state index contributed by atoms with van der Waals surface area (Å²) in [5.74, 6) is 2.10. The third-order valence-corrected chi connectivity index (χ3v) is 8.05. The summed E-state index contributed by atoms with van der Waals surface area (Å²) >= 11 is 0. The van der Waals surface area contributed by atoms with E-state index >= 15 is 0 Å². The first kappa shape index (κ1) is 19.1. The van der Waals surface area contributed by atoms with Crippen LogP contribution >= 0.6 is 0 Å². The normalized spacial score (nSPS) is 35.6. The smallest absolute Gasteiger partial charge is 0.307 e. The summed E-state index contributed by atoms with van der Waals surface area (Å²) < 4.78 is 5.63. The molecule has 0 radical (unpaired) electrons. The number of aryl methyl sites for hydroxylation is 1. The predicted octanol–water partition coefficient (Wildman–Crippen LogP) is 4.72. The maximum absolute atomic E-state index is 12.7. The van der Waals surface area contributed by atoms with Crippen molar-refractivity contribution in [2.24, 2.45) is 23.2 Å². The molecule has 4 fully saturated rings. The van der Waals surface area contributed by atoms with Crippen molar-refractivity contribution in [1.82, 2.24) is 5.32 Å². The number of hydrogen-bond donors (Lipinski definition) is 1. The highest BCUT2D eigenvalue weighted by Gasteiger charge is 2.51. The minimum atomic E-state index is -0.731. The van der Waals surface area contributed by atoms with Crippen molar-refractivity contribution in [3.63, 3.8) is 0 Å². The largest absolute Gasteiger partial charge is 0.453 e. The second-order valence-corrected chi connectivity index (χ2v) is 10.4. The zero-order chi connectivity index (χ0) is 20.0. The lowest BCUT2D eigenvalue weighted by Crippen LogP contribution is -2.47. The van der Waals surface area contributed by atoms with Gasteiger partial charge in [-0.05, 0) is 99.0 Å². The molecule has 0 aromatic heterocycles. The first-order valence-electron chi connectivity index (χ1n) is 11.6. The van der Waals surface area contributed by atoms with Crippen LogP contribution in [0.4, 0.5) is 0 Å². The van der Waals surface area contributed by atoms with Gasteiger partial charge in [-0.15, -0.1) is 0 Å². The molecule has 0 aliphatic heterocycles. The lowest BCUT2D eigenvalue weighted by molar-refractivity contribution is -0.161. The molecule has 1 aromatic carbocycles. The lowest BCUT2D eigenvalue weighted by Gasteiger charge is -2.56. The number of rotatable bonds is 5. The Morgan fingerprint density at radius 3 is 2.45 bits per heavy atom.